The first-order chi connectivity index (χ1) is 8.58. The summed E-state index contributed by atoms with van der Waals surface area (Å²) in [6, 6.07) is 8.32. The van der Waals surface area contributed by atoms with Crippen LogP contribution in [0.3, 0.4) is 0 Å². The van der Waals surface area contributed by atoms with Crippen molar-refractivity contribution in [2.75, 3.05) is 13.7 Å². The molecule has 0 bridgehead atoms. The van der Waals surface area contributed by atoms with Gasteiger partial charge in [-0.05, 0) is 32.3 Å². The van der Waals surface area contributed by atoms with Crippen LogP contribution in [0, 0.1) is 6.92 Å². The van der Waals surface area contributed by atoms with E-state index in [9.17, 15) is 4.79 Å². The Balaban J connectivity index is 2.10. The van der Waals surface area contributed by atoms with Gasteiger partial charge in [-0.2, -0.15) is 0 Å². The fourth-order valence-corrected chi connectivity index (χ4v) is 2.37. The summed E-state index contributed by atoms with van der Waals surface area (Å²) in [5.41, 5.74) is 2.06. The third kappa shape index (κ3) is 2.56. The van der Waals surface area contributed by atoms with Crippen molar-refractivity contribution >= 4 is 5.91 Å². The molecule has 0 aliphatic heterocycles. The highest BCUT2D eigenvalue weighted by Gasteiger charge is 2.51. The maximum atomic E-state index is 12.4. The van der Waals surface area contributed by atoms with Crippen LogP contribution in [-0.4, -0.2) is 25.7 Å². The van der Waals surface area contributed by atoms with Crippen LogP contribution in [-0.2, 0) is 14.9 Å². The first-order valence-corrected chi connectivity index (χ1v) is 6.45. The molecule has 1 aliphatic rings. The van der Waals surface area contributed by atoms with Crippen molar-refractivity contribution in [2.45, 2.75) is 38.1 Å². The molecule has 0 aromatic heterocycles. The molecule has 1 aromatic carbocycles. The number of methoxy groups -OCH3 is 1. The molecule has 1 fully saturated rings. The summed E-state index contributed by atoms with van der Waals surface area (Å²) in [7, 11) is 1.65. The number of hydrogen-bond acceptors (Lipinski definition) is 2. The minimum Gasteiger partial charge on any atom is -0.383 e. The van der Waals surface area contributed by atoms with Gasteiger partial charge < -0.3 is 10.1 Å². The second kappa shape index (κ2) is 5.11. The lowest BCUT2D eigenvalue weighted by Crippen LogP contribution is -2.42. The zero-order chi connectivity index (χ0) is 13.2. The number of nitrogens with one attached hydrogen (secondary N) is 1. The topological polar surface area (TPSA) is 38.3 Å². The molecule has 3 nitrogen and oxygen atoms in total. The van der Waals surface area contributed by atoms with Crippen molar-refractivity contribution in [2.24, 2.45) is 0 Å². The average molecular weight is 247 g/mol. The largest absolute Gasteiger partial charge is 0.383 e. The highest BCUT2D eigenvalue weighted by molar-refractivity contribution is 5.91. The summed E-state index contributed by atoms with van der Waals surface area (Å²) in [4.78, 5) is 12.4. The van der Waals surface area contributed by atoms with Gasteiger partial charge in [0.05, 0.1) is 12.0 Å². The van der Waals surface area contributed by atoms with Gasteiger partial charge in [0.1, 0.15) is 0 Å². The quantitative estimate of drug-likeness (QED) is 0.866. The third-order valence-corrected chi connectivity index (χ3v) is 3.55. The summed E-state index contributed by atoms with van der Waals surface area (Å²) >= 11 is 0. The summed E-state index contributed by atoms with van der Waals surface area (Å²) in [6.45, 7) is 4.58. The Labute approximate surface area is 109 Å². The first kappa shape index (κ1) is 13.1. The summed E-state index contributed by atoms with van der Waals surface area (Å²) in [5.74, 6) is 0.137. The SMILES string of the molecule is COC[C@H](C)NC(=O)C1(c2cccc(C)c2)CC1. The zero-order valence-electron chi connectivity index (χ0n) is 11.3. The molecule has 98 valence electrons. The number of benzene rings is 1. The predicted molar refractivity (Wildman–Crippen MR) is 71.6 cm³/mol. The van der Waals surface area contributed by atoms with Crippen molar-refractivity contribution in [3.63, 3.8) is 0 Å². The van der Waals surface area contributed by atoms with Gasteiger partial charge in [0, 0.05) is 13.2 Å². The van der Waals surface area contributed by atoms with Crippen LogP contribution in [0.5, 0.6) is 0 Å². The molecule has 1 aliphatic carbocycles. The highest BCUT2D eigenvalue weighted by atomic mass is 16.5. The van der Waals surface area contributed by atoms with Crippen LogP contribution in [0.1, 0.15) is 30.9 Å². The minimum absolute atomic E-state index is 0.0600. The lowest BCUT2D eigenvalue weighted by molar-refractivity contribution is -0.124. The van der Waals surface area contributed by atoms with Crippen LogP contribution < -0.4 is 5.32 Å². The lowest BCUT2D eigenvalue weighted by Gasteiger charge is -2.20. The molecule has 1 amide bonds. The number of hydrogen-bond donors (Lipinski definition) is 1. The number of ether oxygens (including phenoxy) is 1. The molecule has 1 aromatic rings. The lowest BCUT2D eigenvalue weighted by atomic mass is 9.93. The monoisotopic (exact) mass is 247 g/mol. The van der Waals surface area contributed by atoms with Gasteiger partial charge >= 0.3 is 0 Å². The second-order valence-electron chi connectivity index (χ2n) is 5.28. The summed E-state index contributed by atoms with van der Waals surface area (Å²) in [5, 5.41) is 3.04. The normalized spacial score (nSPS) is 18.2. The summed E-state index contributed by atoms with van der Waals surface area (Å²) < 4.78 is 5.05. The van der Waals surface area contributed by atoms with Crippen molar-refractivity contribution in [1.29, 1.82) is 0 Å². The van der Waals surface area contributed by atoms with Gasteiger partial charge in [-0.15, -0.1) is 0 Å². The molecule has 18 heavy (non-hydrogen) atoms. The van der Waals surface area contributed by atoms with E-state index < -0.39 is 0 Å². The van der Waals surface area contributed by atoms with E-state index in [1.54, 1.807) is 7.11 Å². The predicted octanol–water partition coefficient (Wildman–Crippen LogP) is 2.18. The molecule has 0 saturated heterocycles. The number of rotatable bonds is 5. The van der Waals surface area contributed by atoms with E-state index in [1.165, 1.54) is 5.56 Å². The van der Waals surface area contributed by atoms with Crippen LogP contribution in [0.2, 0.25) is 0 Å². The van der Waals surface area contributed by atoms with E-state index in [0.29, 0.717) is 6.61 Å². The van der Waals surface area contributed by atoms with E-state index in [0.717, 1.165) is 18.4 Å². The third-order valence-electron chi connectivity index (χ3n) is 3.55. The maximum absolute atomic E-state index is 12.4. The van der Waals surface area contributed by atoms with Gasteiger partial charge in [-0.1, -0.05) is 29.8 Å². The van der Waals surface area contributed by atoms with Crippen LogP contribution in [0.25, 0.3) is 0 Å². The molecule has 1 saturated carbocycles. The first-order valence-electron chi connectivity index (χ1n) is 6.45. The molecule has 0 radical (unpaired) electrons. The molecule has 1 atom stereocenters. The standard InChI is InChI=1S/C15H21NO2/c1-11-5-4-6-13(9-11)15(7-8-15)14(17)16-12(2)10-18-3/h4-6,9,12H,7-8,10H2,1-3H3,(H,16,17)/t12-/m0/s1. The molecule has 1 N–H and O–H groups in total. The Morgan fingerprint density at radius 1 is 1.50 bits per heavy atom. The molecule has 0 heterocycles. The van der Waals surface area contributed by atoms with Crippen LogP contribution >= 0.6 is 0 Å². The molecule has 2 rings (SSSR count). The fourth-order valence-electron chi connectivity index (χ4n) is 2.37. The van der Waals surface area contributed by atoms with Gasteiger partial charge in [0.15, 0.2) is 0 Å². The van der Waals surface area contributed by atoms with Gasteiger partial charge in [0.2, 0.25) is 5.91 Å². The molecular formula is C15H21NO2. The molecular weight excluding hydrogens is 226 g/mol. The number of aryl methyl sites for hydroxylation is 1. The summed E-state index contributed by atoms with van der Waals surface area (Å²) in [6.07, 6.45) is 1.89. The number of carbonyl (C=O) groups is 1. The van der Waals surface area contributed by atoms with E-state index in [1.807, 2.05) is 13.0 Å². The smallest absolute Gasteiger partial charge is 0.230 e. The highest BCUT2D eigenvalue weighted by Crippen LogP contribution is 2.48. The van der Waals surface area contributed by atoms with Gasteiger partial charge in [-0.3, -0.25) is 4.79 Å². The van der Waals surface area contributed by atoms with E-state index in [2.05, 4.69) is 30.4 Å². The number of amides is 1. The van der Waals surface area contributed by atoms with E-state index in [4.69, 9.17) is 4.74 Å². The Morgan fingerprint density at radius 2 is 2.22 bits per heavy atom. The maximum Gasteiger partial charge on any atom is 0.230 e. The minimum atomic E-state index is -0.284. The second-order valence-corrected chi connectivity index (χ2v) is 5.28. The Hall–Kier alpha value is -1.35. The fraction of sp³-hybridized carbons (Fsp3) is 0.533. The van der Waals surface area contributed by atoms with E-state index in [-0.39, 0.29) is 17.4 Å². The van der Waals surface area contributed by atoms with Crippen molar-refractivity contribution in [3.8, 4) is 0 Å². The van der Waals surface area contributed by atoms with Crippen molar-refractivity contribution in [3.05, 3.63) is 35.4 Å². The molecule has 3 heteroatoms. The Morgan fingerprint density at radius 3 is 2.78 bits per heavy atom. The molecule has 0 unspecified atom stereocenters. The van der Waals surface area contributed by atoms with Crippen LogP contribution in [0.15, 0.2) is 24.3 Å². The average Bonchev–Trinajstić information content (AvgIpc) is 3.10. The van der Waals surface area contributed by atoms with Crippen LogP contribution in [0.4, 0.5) is 0 Å². The van der Waals surface area contributed by atoms with E-state index >= 15 is 0 Å². The van der Waals surface area contributed by atoms with Gasteiger partial charge in [-0.25, -0.2) is 0 Å². The Kier molecular flexibility index (Phi) is 3.71. The van der Waals surface area contributed by atoms with Crippen molar-refractivity contribution in [1.82, 2.24) is 5.32 Å². The molecule has 0 spiro atoms. The number of carbonyl (C=O) groups excluding carboxylic acids is 1. The van der Waals surface area contributed by atoms with Gasteiger partial charge in [0.25, 0.3) is 0 Å². The zero-order valence-corrected chi connectivity index (χ0v) is 11.3. The Bertz CT molecular complexity index is 438. The van der Waals surface area contributed by atoms with Crippen molar-refractivity contribution < 1.29 is 9.53 Å².